The van der Waals surface area contributed by atoms with Gasteiger partial charge in [-0.3, -0.25) is 9.59 Å². The maximum Gasteiger partial charge on any atom is 0.255 e. The maximum atomic E-state index is 12.9. The Labute approximate surface area is 170 Å². The number of aromatic nitrogens is 2. The zero-order chi connectivity index (χ0) is 20.1. The van der Waals surface area contributed by atoms with Crippen LogP contribution in [0.2, 0.25) is 0 Å². The first-order valence-corrected chi connectivity index (χ1v) is 9.95. The molecule has 6 heteroatoms. The van der Waals surface area contributed by atoms with Gasteiger partial charge < -0.3 is 14.8 Å². The molecule has 2 amide bonds. The summed E-state index contributed by atoms with van der Waals surface area (Å²) < 4.78 is 1.97. The molecule has 4 rings (SSSR count). The van der Waals surface area contributed by atoms with Crippen molar-refractivity contribution < 1.29 is 9.59 Å². The van der Waals surface area contributed by atoms with Crippen molar-refractivity contribution in [2.24, 2.45) is 0 Å². The number of hydrogen-bond donors (Lipinski definition) is 1. The van der Waals surface area contributed by atoms with Crippen molar-refractivity contribution in [2.45, 2.75) is 25.8 Å². The summed E-state index contributed by atoms with van der Waals surface area (Å²) in [7, 11) is 0. The SMILES string of the molecule is O=C(Nc1ccccc1C(=O)N1CCCCC1)c1ccc(Cn2ccnc2)cc1. The van der Waals surface area contributed by atoms with E-state index in [2.05, 4.69) is 10.3 Å². The summed E-state index contributed by atoms with van der Waals surface area (Å²) >= 11 is 0. The fourth-order valence-corrected chi connectivity index (χ4v) is 3.59. The fourth-order valence-electron chi connectivity index (χ4n) is 3.59. The van der Waals surface area contributed by atoms with Crippen LogP contribution in [0.3, 0.4) is 0 Å². The normalized spacial score (nSPS) is 13.9. The zero-order valence-electron chi connectivity index (χ0n) is 16.3. The van der Waals surface area contributed by atoms with Crippen molar-refractivity contribution in [2.75, 3.05) is 18.4 Å². The summed E-state index contributed by atoms with van der Waals surface area (Å²) in [6, 6.07) is 14.7. The lowest BCUT2D eigenvalue weighted by atomic mass is 10.1. The molecule has 0 spiro atoms. The summed E-state index contributed by atoms with van der Waals surface area (Å²) in [6.45, 7) is 2.26. The number of carbonyl (C=O) groups excluding carboxylic acids is 2. The molecule has 1 saturated heterocycles. The second-order valence-corrected chi connectivity index (χ2v) is 7.28. The van der Waals surface area contributed by atoms with E-state index in [0.717, 1.165) is 31.5 Å². The van der Waals surface area contributed by atoms with Crippen molar-refractivity contribution in [3.05, 3.63) is 83.9 Å². The average Bonchev–Trinajstić information content (AvgIpc) is 3.28. The van der Waals surface area contributed by atoms with Gasteiger partial charge in [0, 0.05) is 37.6 Å². The smallest absolute Gasteiger partial charge is 0.255 e. The molecule has 1 N–H and O–H groups in total. The summed E-state index contributed by atoms with van der Waals surface area (Å²) in [5, 5.41) is 2.91. The predicted octanol–water partition coefficient (Wildman–Crippen LogP) is 3.81. The van der Waals surface area contributed by atoms with E-state index in [1.54, 1.807) is 36.8 Å². The molecule has 1 aliphatic rings. The van der Waals surface area contributed by atoms with E-state index in [9.17, 15) is 9.59 Å². The quantitative estimate of drug-likeness (QED) is 0.723. The molecule has 148 valence electrons. The van der Waals surface area contributed by atoms with Crippen LogP contribution in [0.4, 0.5) is 5.69 Å². The molecule has 6 nitrogen and oxygen atoms in total. The van der Waals surface area contributed by atoms with Crippen LogP contribution in [0.1, 0.15) is 45.5 Å². The molecule has 0 unspecified atom stereocenters. The number of piperidine rings is 1. The van der Waals surface area contributed by atoms with Gasteiger partial charge in [0.05, 0.1) is 17.6 Å². The molecule has 2 heterocycles. The number of anilines is 1. The molecular formula is C23H24N4O2. The van der Waals surface area contributed by atoms with Gasteiger partial charge in [-0.1, -0.05) is 24.3 Å². The van der Waals surface area contributed by atoms with Gasteiger partial charge in [-0.05, 0) is 49.1 Å². The van der Waals surface area contributed by atoms with Crippen LogP contribution in [-0.4, -0.2) is 39.4 Å². The Bertz CT molecular complexity index is 974. The number of imidazole rings is 1. The molecule has 1 aromatic heterocycles. The van der Waals surface area contributed by atoms with Gasteiger partial charge in [0.2, 0.25) is 0 Å². The topological polar surface area (TPSA) is 67.2 Å². The van der Waals surface area contributed by atoms with Gasteiger partial charge in [0.25, 0.3) is 11.8 Å². The van der Waals surface area contributed by atoms with E-state index in [-0.39, 0.29) is 11.8 Å². The van der Waals surface area contributed by atoms with Gasteiger partial charge in [-0.25, -0.2) is 4.98 Å². The van der Waals surface area contributed by atoms with E-state index in [4.69, 9.17) is 0 Å². The number of carbonyl (C=O) groups is 2. The van der Waals surface area contributed by atoms with Gasteiger partial charge in [0.1, 0.15) is 0 Å². The molecule has 0 aliphatic carbocycles. The Morgan fingerprint density at radius 3 is 2.45 bits per heavy atom. The Kier molecular flexibility index (Phi) is 5.70. The first kappa shape index (κ1) is 18.9. The minimum atomic E-state index is -0.224. The average molecular weight is 388 g/mol. The van der Waals surface area contributed by atoms with Crippen molar-refractivity contribution in [1.29, 1.82) is 0 Å². The Balaban J connectivity index is 1.46. The number of likely N-dealkylation sites (tertiary alicyclic amines) is 1. The highest BCUT2D eigenvalue weighted by atomic mass is 16.2. The number of hydrogen-bond acceptors (Lipinski definition) is 3. The van der Waals surface area contributed by atoms with Crippen LogP contribution < -0.4 is 5.32 Å². The van der Waals surface area contributed by atoms with Gasteiger partial charge in [-0.15, -0.1) is 0 Å². The third kappa shape index (κ3) is 4.54. The minimum absolute atomic E-state index is 0.0173. The first-order chi connectivity index (χ1) is 14.2. The van der Waals surface area contributed by atoms with Crippen LogP contribution >= 0.6 is 0 Å². The van der Waals surface area contributed by atoms with Gasteiger partial charge in [-0.2, -0.15) is 0 Å². The maximum absolute atomic E-state index is 12.9. The monoisotopic (exact) mass is 388 g/mol. The predicted molar refractivity (Wildman–Crippen MR) is 112 cm³/mol. The van der Waals surface area contributed by atoms with E-state index >= 15 is 0 Å². The van der Waals surface area contributed by atoms with Crippen LogP contribution in [0.15, 0.2) is 67.3 Å². The molecule has 0 radical (unpaired) electrons. The van der Waals surface area contributed by atoms with Crippen LogP contribution in [0.5, 0.6) is 0 Å². The highest BCUT2D eigenvalue weighted by molar-refractivity contribution is 6.09. The Morgan fingerprint density at radius 2 is 1.72 bits per heavy atom. The molecule has 29 heavy (non-hydrogen) atoms. The summed E-state index contributed by atoms with van der Waals surface area (Å²) in [5.74, 6) is -0.241. The molecule has 1 fully saturated rings. The second-order valence-electron chi connectivity index (χ2n) is 7.28. The number of para-hydroxylation sites is 1. The zero-order valence-corrected chi connectivity index (χ0v) is 16.3. The van der Waals surface area contributed by atoms with E-state index in [1.807, 2.05) is 39.9 Å². The van der Waals surface area contributed by atoms with Gasteiger partial charge >= 0.3 is 0 Å². The standard InChI is InChI=1S/C23H24N4O2/c28-22(19-10-8-18(9-11-19)16-26-15-12-24-17-26)25-21-7-3-2-6-20(21)23(29)27-13-4-1-5-14-27/h2-3,6-12,15,17H,1,4-5,13-14,16H2,(H,25,28). The molecule has 1 aliphatic heterocycles. The third-order valence-corrected chi connectivity index (χ3v) is 5.19. The van der Waals surface area contributed by atoms with Crippen molar-refractivity contribution in [3.8, 4) is 0 Å². The van der Waals surface area contributed by atoms with Crippen molar-refractivity contribution in [3.63, 3.8) is 0 Å². The number of benzene rings is 2. The molecule has 0 bridgehead atoms. The first-order valence-electron chi connectivity index (χ1n) is 9.95. The van der Waals surface area contributed by atoms with Crippen LogP contribution in [0.25, 0.3) is 0 Å². The van der Waals surface area contributed by atoms with Crippen molar-refractivity contribution >= 4 is 17.5 Å². The van der Waals surface area contributed by atoms with E-state index < -0.39 is 0 Å². The van der Waals surface area contributed by atoms with Gasteiger partial charge in [0.15, 0.2) is 0 Å². The van der Waals surface area contributed by atoms with Crippen LogP contribution in [-0.2, 0) is 6.54 Å². The lowest BCUT2D eigenvalue weighted by molar-refractivity contribution is 0.0725. The Morgan fingerprint density at radius 1 is 0.966 bits per heavy atom. The Hall–Kier alpha value is -3.41. The number of rotatable bonds is 5. The number of amides is 2. The summed E-state index contributed by atoms with van der Waals surface area (Å²) in [5.41, 5.74) is 2.73. The lowest BCUT2D eigenvalue weighted by Crippen LogP contribution is -2.36. The minimum Gasteiger partial charge on any atom is -0.339 e. The highest BCUT2D eigenvalue weighted by Crippen LogP contribution is 2.21. The van der Waals surface area contributed by atoms with E-state index in [1.165, 1.54) is 6.42 Å². The fraction of sp³-hybridized carbons (Fsp3) is 0.261. The highest BCUT2D eigenvalue weighted by Gasteiger charge is 2.21. The summed E-state index contributed by atoms with van der Waals surface area (Å²) in [6.07, 6.45) is 8.63. The largest absolute Gasteiger partial charge is 0.339 e. The molecule has 2 aromatic carbocycles. The molecular weight excluding hydrogens is 364 g/mol. The second kappa shape index (κ2) is 8.73. The molecule has 0 atom stereocenters. The number of nitrogens with one attached hydrogen (secondary N) is 1. The molecule has 3 aromatic rings. The van der Waals surface area contributed by atoms with Crippen LogP contribution in [0, 0.1) is 0 Å². The van der Waals surface area contributed by atoms with E-state index in [0.29, 0.717) is 23.4 Å². The third-order valence-electron chi connectivity index (χ3n) is 5.19. The summed E-state index contributed by atoms with van der Waals surface area (Å²) in [4.78, 5) is 31.6. The molecule has 0 saturated carbocycles. The number of nitrogens with zero attached hydrogens (tertiary/aromatic N) is 3. The lowest BCUT2D eigenvalue weighted by Gasteiger charge is -2.27. The van der Waals surface area contributed by atoms with Crippen molar-refractivity contribution in [1.82, 2.24) is 14.5 Å².